The van der Waals surface area contributed by atoms with Crippen molar-refractivity contribution in [2.75, 3.05) is 5.75 Å². The Hall–Kier alpha value is -0.750. The van der Waals surface area contributed by atoms with E-state index >= 15 is 0 Å². The van der Waals surface area contributed by atoms with E-state index in [1.807, 2.05) is 0 Å². The summed E-state index contributed by atoms with van der Waals surface area (Å²) in [6.07, 6.45) is 0. The molecule has 0 heterocycles. The monoisotopic (exact) mass is 166 g/mol. The van der Waals surface area contributed by atoms with Crippen LogP contribution in [0.15, 0.2) is 11.4 Å². The van der Waals surface area contributed by atoms with Crippen molar-refractivity contribution >= 4 is 10.1 Å². The number of hydrogen-bond donors (Lipinski definition) is 3. The molecule has 0 aliphatic rings. The summed E-state index contributed by atoms with van der Waals surface area (Å²) in [4.78, 5) is 0. The predicted molar refractivity (Wildman–Crippen MR) is 37.5 cm³/mol. The van der Waals surface area contributed by atoms with Gasteiger partial charge in [-0.2, -0.15) is 8.42 Å². The maximum absolute atomic E-state index is 10.2. The summed E-state index contributed by atoms with van der Waals surface area (Å²) in [5, 5.41) is 0. The first-order valence-electron chi connectivity index (χ1n) is 2.49. The summed E-state index contributed by atoms with van der Waals surface area (Å²) in [5.41, 5.74) is 10.3. The average Bonchev–Trinajstić information content (AvgIpc) is 1.60. The van der Waals surface area contributed by atoms with Gasteiger partial charge < -0.3 is 11.5 Å². The molecular weight excluding hydrogens is 156 g/mol. The van der Waals surface area contributed by atoms with Gasteiger partial charge in [-0.1, -0.05) is 0 Å². The highest BCUT2D eigenvalue weighted by Gasteiger charge is 2.06. The highest BCUT2D eigenvalue weighted by atomic mass is 32.2. The third-order valence-corrected chi connectivity index (χ3v) is 1.69. The van der Waals surface area contributed by atoms with E-state index in [1.165, 1.54) is 6.92 Å². The van der Waals surface area contributed by atoms with Crippen LogP contribution in [0.25, 0.3) is 0 Å². The fraction of sp³-hybridized carbons (Fsp3) is 0.500. The topological polar surface area (TPSA) is 106 Å². The molecule has 60 valence electrons. The summed E-state index contributed by atoms with van der Waals surface area (Å²) in [7, 11) is -3.99. The zero-order chi connectivity index (χ0) is 8.36. The Bertz CT molecular complexity index is 237. The highest BCUT2D eigenvalue weighted by Crippen LogP contribution is 1.96. The van der Waals surface area contributed by atoms with Gasteiger partial charge >= 0.3 is 0 Å². The molecule has 0 aliphatic heterocycles. The van der Waals surface area contributed by atoms with Crippen molar-refractivity contribution in [1.29, 1.82) is 0 Å². The molecule has 0 unspecified atom stereocenters. The predicted octanol–water partition coefficient (Wildman–Crippen LogP) is -0.977. The van der Waals surface area contributed by atoms with Crippen LogP contribution in [-0.2, 0) is 10.1 Å². The molecule has 6 heteroatoms. The largest absolute Gasteiger partial charge is 0.386 e. The number of hydrogen-bond acceptors (Lipinski definition) is 4. The molecule has 0 spiro atoms. The lowest BCUT2D eigenvalue weighted by molar-refractivity contribution is 0.485. The maximum Gasteiger partial charge on any atom is 0.268 e. The van der Waals surface area contributed by atoms with Crippen molar-refractivity contribution in [1.82, 2.24) is 0 Å². The van der Waals surface area contributed by atoms with Gasteiger partial charge in [0.25, 0.3) is 10.1 Å². The third kappa shape index (κ3) is 4.16. The highest BCUT2D eigenvalue weighted by molar-refractivity contribution is 7.85. The first-order chi connectivity index (χ1) is 4.33. The second-order valence-electron chi connectivity index (χ2n) is 1.96. The Balaban J connectivity index is 4.35. The fourth-order valence-corrected chi connectivity index (χ4v) is 1.07. The summed E-state index contributed by atoms with van der Waals surface area (Å²) in [5.74, 6) is -0.576. The molecule has 0 radical (unpaired) electrons. The summed E-state index contributed by atoms with van der Waals surface area (Å²) >= 11 is 0. The Morgan fingerprint density at radius 2 is 1.90 bits per heavy atom. The van der Waals surface area contributed by atoms with Crippen molar-refractivity contribution in [3.05, 3.63) is 11.4 Å². The van der Waals surface area contributed by atoms with Crippen molar-refractivity contribution in [3.63, 3.8) is 0 Å². The molecule has 5 N–H and O–H groups in total. The lowest BCUT2D eigenvalue weighted by atomic mass is 10.3. The normalized spacial score (nSPS) is 11.0. The van der Waals surface area contributed by atoms with Crippen LogP contribution in [0, 0.1) is 0 Å². The second-order valence-corrected chi connectivity index (χ2v) is 3.41. The fourth-order valence-electron chi connectivity index (χ4n) is 0.357. The van der Waals surface area contributed by atoms with Gasteiger partial charge in [0, 0.05) is 0 Å². The van der Waals surface area contributed by atoms with Crippen LogP contribution in [0.4, 0.5) is 0 Å². The van der Waals surface area contributed by atoms with E-state index in [1.54, 1.807) is 0 Å². The van der Waals surface area contributed by atoms with E-state index < -0.39 is 15.9 Å². The lowest BCUT2D eigenvalue weighted by Gasteiger charge is -1.98. The molecule has 10 heavy (non-hydrogen) atoms. The smallest absolute Gasteiger partial charge is 0.268 e. The minimum Gasteiger partial charge on any atom is -0.386 e. The lowest BCUT2D eigenvalue weighted by Crippen LogP contribution is -2.16. The zero-order valence-corrected chi connectivity index (χ0v) is 6.35. The summed E-state index contributed by atoms with van der Waals surface area (Å²) in [6.45, 7) is 1.43. The van der Waals surface area contributed by atoms with Gasteiger partial charge in [0.15, 0.2) is 0 Å². The quantitative estimate of drug-likeness (QED) is 0.457. The van der Waals surface area contributed by atoms with Crippen LogP contribution in [0.5, 0.6) is 0 Å². The average molecular weight is 166 g/mol. The summed E-state index contributed by atoms with van der Waals surface area (Å²) in [6, 6.07) is 0. The molecular formula is C4H10N2O3S. The second kappa shape index (κ2) is 2.89. The first kappa shape index (κ1) is 9.25. The van der Waals surface area contributed by atoms with E-state index in [9.17, 15) is 8.42 Å². The van der Waals surface area contributed by atoms with E-state index in [4.69, 9.17) is 16.0 Å². The first-order valence-corrected chi connectivity index (χ1v) is 4.09. The van der Waals surface area contributed by atoms with Crippen LogP contribution < -0.4 is 11.5 Å². The van der Waals surface area contributed by atoms with Crippen LogP contribution in [0.1, 0.15) is 6.92 Å². The van der Waals surface area contributed by atoms with Crippen LogP contribution in [0.2, 0.25) is 0 Å². The van der Waals surface area contributed by atoms with Crippen LogP contribution in [-0.4, -0.2) is 18.7 Å². The van der Waals surface area contributed by atoms with Gasteiger partial charge in [0.1, 0.15) is 0 Å². The molecule has 0 aromatic heterocycles. The molecule has 5 nitrogen and oxygen atoms in total. The van der Waals surface area contributed by atoms with Crippen molar-refractivity contribution in [3.8, 4) is 0 Å². The van der Waals surface area contributed by atoms with Gasteiger partial charge in [0.2, 0.25) is 0 Å². The molecule has 0 fully saturated rings. The minimum atomic E-state index is -3.99. The van der Waals surface area contributed by atoms with Crippen LogP contribution >= 0.6 is 0 Å². The molecule has 0 bridgehead atoms. The molecule has 0 saturated carbocycles. The Morgan fingerprint density at radius 3 is 2.00 bits per heavy atom. The summed E-state index contributed by atoms with van der Waals surface area (Å²) < 4.78 is 28.6. The molecule has 0 amide bonds. The van der Waals surface area contributed by atoms with E-state index in [0.717, 1.165) is 0 Å². The van der Waals surface area contributed by atoms with Gasteiger partial charge in [-0.05, 0) is 12.5 Å². The van der Waals surface area contributed by atoms with Gasteiger partial charge in [-0.15, -0.1) is 0 Å². The maximum atomic E-state index is 10.2. The van der Waals surface area contributed by atoms with E-state index in [-0.39, 0.29) is 11.4 Å². The van der Waals surface area contributed by atoms with Crippen molar-refractivity contribution < 1.29 is 13.0 Å². The van der Waals surface area contributed by atoms with E-state index in [2.05, 4.69) is 0 Å². The number of rotatable bonds is 2. The third-order valence-electron chi connectivity index (χ3n) is 0.892. The minimum absolute atomic E-state index is 0.0716. The molecule has 0 atom stereocenters. The van der Waals surface area contributed by atoms with Gasteiger partial charge in [-0.25, -0.2) is 0 Å². The molecule has 0 aromatic rings. The van der Waals surface area contributed by atoms with E-state index in [0.29, 0.717) is 0 Å². The molecule has 0 saturated heterocycles. The zero-order valence-electron chi connectivity index (χ0n) is 5.53. The van der Waals surface area contributed by atoms with Gasteiger partial charge in [-0.3, -0.25) is 4.55 Å². The Kier molecular flexibility index (Phi) is 2.67. The van der Waals surface area contributed by atoms with Crippen molar-refractivity contribution in [2.24, 2.45) is 11.5 Å². The SMILES string of the molecule is CC(CS(=O)(=O)O)=C(N)N. The Morgan fingerprint density at radius 1 is 1.50 bits per heavy atom. The van der Waals surface area contributed by atoms with Crippen LogP contribution in [0.3, 0.4) is 0 Å². The molecule has 0 rings (SSSR count). The number of nitrogens with two attached hydrogens (primary N) is 2. The molecule has 0 aromatic carbocycles. The van der Waals surface area contributed by atoms with Crippen molar-refractivity contribution in [2.45, 2.75) is 6.92 Å². The van der Waals surface area contributed by atoms with Gasteiger partial charge in [0.05, 0.1) is 11.6 Å². The standard InChI is InChI=1S/C4H10N2O3S/c1-3(4(5)6)2-10(7,8)9/h2,5-6H2,1H3,(H,7,8,9). The molecule has 0 aliphatic carbocycles. The Labute approximate surface area is 59.5 Å².